The molecule has 0 unspecified atom stereocenters. The van der Waals surface area contributed by atoms with Gasteiger partial charge in [-0.1, -0.05) is 18.2 Å². The zero-order valence-corrected chi connectivity index (χ0v) is 15.9. The van der Waals surface area contributed by atoms with Gasteiger partial charge in [-0.25, -0.2) is 0 Å². The second-order valence-corrected chi connectivity index (χ2v) is 7.08. The average Bonchev–Trinajstić information content (AvgIpc) is 3.47. The van der Waals surface area contributed by atoms with Crippen LogP contribution < -0.4 is 15.4 Å². The van der Waals surface area contributed by atoms with E-state index in [4.69, 9.17) is 4.74 Å². The molecular weight excluding hydrogens is 340 g/mol. The molecule has 2 aromatic carbocycles. The number of rotatable bonds is 8. The first-order chi connectivity index (χ1) is 13.0. The van der Waals surface area contributed by atoms with Gasteiger partial charge in [0.05, 0.1) is 0 Å². The number of hydrogen-bond acceptors (Lipinski definition) is 3. The van der Waals surface area contributed by atoms with Gasteiger partial charge < -0.3 is 15.4 Å². The third-order valence-electron chi connectivity index (χ3n) is 4.70. The van der Waals surface area contributed by atoms with Gasteiger partial charge in [-0.3, -0.25) is 9.59 Å². The van der Waals surface area contributed by atoms with Crippen molar-refractivity contribution < 1.29 is 14.3 Å². The minimum absolute atomic E-state index is 0.0435. The fourth-order valence-electron chi connectivity index (χ4n) is 2.70. The summed E-state index contributed by atoms with van der Waals surface area (Å²) in [6, 6.07) is 13.7. The summed E-state index contributed by atoms with van der Waals surface area (Å²) in [6.07, 6.45) is 2.88. The molecular formula is C22H26N2O3. The maximum Gasteiger partial charge on any atom is 0.258 e. The van der Waals surface area contributed by atoms with Crippen LogP contribution in [0.5, 0.6) is 5.75 Å². The van der Waals surface area contributed by atoms with Gasteiger partial charge in [0.15, 0.2) is 6.61 Å². The Labute approximate surface area is 160 Å². The zero-order chi connectivity index (χ0) is 19.2. The van der Waals surface area contributed by atoms with Crippen LogP contribution in [-0.4, -0.2) is 31.0 Å². The molecule has 142 valence electrons. The second kappa shape index (κ2) is 8.71. The van der Waals surface area contributed by atoms with Crippen molar-refractivity contribution in [3.8, 4) is 5.75 Å². The lowest BCUT2D eigenvalue weighted by Crippen LogP contribution is -2.30. The Hall–Kier alpha value is -2.82. The Kier molecular flexibility index (Phi) is 6.12. The van der Waals surface area contributed by atoms with E-state index in [1.165, 1.54) is 5.56 Å². The van der Waals surface area contributed by atoms with Crippen molar-refractivity contribution in [3.63, 3.8) is 0 Å². The molecule has 0 aliphatic heterocycles. The Bertz CT molecular complexity index is 811. The molecule has 0 saturated heterocycles. The lowest BCUT2D eigenvalue weighted by molar-refractivity contribution is -0.123. The summed E-state index contributed by atoms with van der Waals surface area (Å²) >= 11 is 0. The monoisotopic (exact) mass is 366 g/mol. The fraction of sp³-hybridized carbons (Fsp3) is 0.364. The normalized spacial score (nSPS) is 13.1. The van der Waals surface area contributed by atoms with Crippen LogP contribution in [0, 0.1) is 13.8 Å². The molecule has 0 radical (unpaired) electrons. The van der Waals surface area contributed by atoms with E-state index in [1.807, 2.05) is 56.3 Å². The summed E-state index contributed by atoms with van der Waals surface area (Å²) in [5.74, 6) is 0.541. The number of ether oxygens (including phenoxy) is 1. The largest absolute Gasteiger partial charge is 0.484 e. The molecule has 2 aromatic rings. The number of amides is 2. The van der Waals surface area contributed by atoms with Gasteiger partial charge in [0.2, 0.25) is 0 Å². The van der Waals surface area contributed by atoms with Crippen LogP contribution in [0.3, 0.4) is 0 Å². The van der Waals surface area contributed by atoms with Crippen molar-refractivity contribution in [1.82, 2.24) is 10.6 Å². The van der Waals surface area contributed by atoms with Crippen molar-refractivity contribution in [3.05, 3.63) is 64.7 Å². The first kappa shape index (κ1) is 19.0. The first-order valence-electron chi connectivity index (χ1n) is 9.38. The van der Waals surface area contributed by atoms with E-state index >= 15 is 0 Å². The van der Waals surface area contributed by atoms with Gasteiger partial charge in [-0.05, 0) is 74.1 Å². The highest BCUT2D eigenvalue weighted by atomic mass is 16.5. The Morgan fingerprint density at radius 3 is 2.44 bits per heavy atom. The number of nitrogens with one attached hydrogen (secondary N) is 2. The first-order valence-corrected chi connectivity index (χ1v) is 9.38. The SMILES string of the molecule is Cc1ccc(C(=O)NCCc2ccc(OCC(=O)NC3CC3)cc2)cc1C. The quantitative estimate of drug-likeness (QED) is 0.755. The lowest BCUT2D eigenvalue weighted by Gasteiger charge is -2.09. The van der Waals surface area contributed by atoms with Gasteiger partial charge >= 0.3 is 0 Å². The Balaban J connectivity index is 1.40. The third kappa shape index (κ3) is 5.84. The van der Waals surface area contributed by atoms with E-state index < -0.39 is 0 Å². The molecule has 0 spiro atoms. The summed E-state index contributed by atoms with van der Waals surface area (Å²) in [6.45, 7) is 4.65. The molecule has 1 fully saturated rings. The average molecular weight is 366 g/mol. The van der Waals surface area contributed by atoms with Crippen molar-refractivity contribution in [1.29, 1.82) is 0 Å². The van der Waals surface area contributed by atoms with Crippen LogP contribution in [0.15, 0.2) is 42.5 Å². The van der Waals surface area contributed by atoms with Gasteiger partial charge in [0.1, 0.15) is 5.75 Å². The number of benzene rings is 2. The predicted molar refractivity (Wildman–Crippen MR) is 105 cm³/mol. The third-order valence-corrected chi connectivity index (χ3v) is 4.70. The van der Waals surface area contributed by atoms with Crippen LogP contribution >= 0.6 is 0 Å². The van der Waals surface area contributed by atoms with E-state index in [0.29, 0.717) is 23.9 Å². The van der Waals surface area contributed by atoms with Crippen molar-refractivity contribution in [2.45, 2.75) is 39.2 Å². The molecule has 0 bridgehead atoms. The minimum Gasteiger partial charge on any atom is -0.484 e. The summed E-state index contributed by atoms with van der Waals surface area (Å²) in [4.78, 5) is 23.8. The van der Waals surface area contributed by atoms with Crippen molar-refractivity contribution in [2.75, 3.05) is 13.2 Å². The molecule has 3 rings (SSSR count). The lowest BCUT2D eigenvalue weighted by atomic mass is 10.1. The Morgan fingerprint density at radius 2 is 1.78 bits per heavy atom. The predicted octanol–water partition coefficient (Wildman–Crippen LogP) is 2.93. The van der Waals surface area contributed by atoms with Crippen LogP contribution in [0.2, 0.25) is 0 Å². The van der Waals surface area contributed by atoms with Gasteiger partial charge in [0.25, 0.3) is 11.8 Å². The molecule has 5 nitrogen and oxygen atoms in total. The molecule has 1 saturated carbocycles. The highest BCUT2D eigenvalue weighted by Gasteiger charge is 2.23. The Morgan fingerprint density at radius 1 is 1.04 bits per heavy atom. The van der Waals surface area contributed by atoms with E-state index in [9.17, 15) is 9.59 Å². The number of carbonyl (C=O) groups excluding carboxylic acids is 2. The topological polar surface area (TPSA) is 67.4 Å². The number of hydrogen-bond donors (Lipinski definition) is 2. The van der Waals surface area contributed by atoms with Gasteiger partial charge in [-0.2, -0.15) is 0 Å². The fourth-order valence-corrected chi connectivity index (χ4v) is 2.70. The van der Waals surface area contributed by atoms with Crippen molar-refractivity contribution in [2.24, 2.45) is 0 Å². The molecule has 0 heterocycles. The molecule has 2 N–H and O–H groups in total. The molecule has 1 aliphatic rings. The molecule has 0 atom stereocenters. The summed E-state index contributed by atoms with van der Waals surface area (Å²) in [5, 5.41) is 5.84. The molecule has 5 heteroatoms. The summed E-state index contributed by atoms with van der Waals surface area (Å²) in [7, 11) is 0. The highest BCUT2D eigenvalue weighted by molar-refractivity contribution is 5.94. The minimum atomic E-state index is -0.0735. The summed E-state index contributed by atoms with van der Waals surface area (Å²) < 4.78 is 5.49. The maximum absolute atomic E-state index is 12.2. The second-order valence-electron chi connectivity index (χ2n) is 7.08. The smallest absolute Gasteiger partial charge is 0.258 e. The van der Waals surface area contributed by atoms with Crippen LogP contribution in [0.4, 0.5) is 0 Å². The van der Waals surface area contributed by atoms with E-state index in [-0.39, 0.29) is 18.4 Å². The highest BCUT2D eigenvalue weighted by Crippen LogP contribution is 2.18. The van der Waals surface area contributed by atoms with Crippen LogP contribution in [0.25, 0.3) is 0 Å². The number of carbonyl (C=O) groups is 2. The molecule has 1 aliphatic carbocycles. The molecule has 0 aromatic heterocycles. The summed E-state index contributed by atoms with van der Waals surface area (Å²) in [5.41, 5.74) is 4.08. The van der Waals surface area contributed by atoms with E-state index in [1.54, 1.807) is 0 Å². The molecule has 27 heavy (non-hydrogen) atoms. The van der Waals surface area contributed by atoms with Gasteiger partial charge in [-0.15, -0.1) is 0 Å². The molecule has 2 amide bonds. The van der Waals surface area contributed by atoms with Crippen molar-refractivity contribution >= 4 is 11.8 Å². The van der Waals surface area contributed by atoms with Gasteiger partial charge in [0, 0.05) is 18.2 Å². The van der Waals surface area contributed by atoms with E-state index in [2.05, 4.69) is 10.6 Å². The zero-order valence-electron chi connectivity index (χ0n) is 15.9. The van der Waals surface area contributed by atoms with Crippen LogP contribution in [0.1, 0.15) is 39.9 Å². The number of aryl methyl sites for hydroxylation is 2. The van der Waals surface area contributed by atoms with E-state index in [0.717, 1.165) is 30.4 Å². The maximum atomic E-state index is 12.2. The van der Waals surface area contributed by atoms with Crippen LogP contribution in [-0.2, 0) is 11.2 Å². The standard InChI is InChI=1S/C22H26N2O3/c1-15-3-6-18(13-16(15)2)22(26)23-12-11-17-4-9-20(10-5-17)27-14-21(25)24-19-7-8-19/h3-6,9-10,13,19H,7-8,11-12,14H2,1-2H3,(H,23,26)(H,24,25).